The number of hydrogen-bond acceptors (Lipinski definition) is 3. The van der Waals surface area contributed by atoms with Crippen molar-refractivity contribution in [1.82, 2.24) is 0 Å². The Balaban J connectivity index is 2.06. The fourth-order valence-corrected chi connectivity index (χ4v) is 4.05. The molecule has 2 bridgehead atoms. The number of hydrogen-bond donors (Lipinski definition) is 1. The zero-order valence-electron chi connectivity index (χ0n) is 13.6. The molecule has 25 heavy (non-hydrogen) atoms. The molecule has 9 heteroatoms. The van der Waals surface area contributed by atoms with Crippen molar-refractivity contribution in [2.75, 3.05) is 0 Å². The van der Waals surface area contributed by atoms with E-state index in [1.807, 2.05) is 0 Å². The Bertz CT molecular complexity index is 525. The Morgan fingerprint density at radius 3 is 2.20 bits per heavy atom. The zero-order valence-corrected chi connectivity index (χ0v) is 13.6. The van der Waals surface area contributed by atoms with E-state index < -0.39 is 48.8 Å². The van der Waals surface area contributed by atoms with Crippen molar-refractivity contribution >= 4 is 5.97 Å². The van der Waals surface area contributed by atoms with Crippen LogP contribution in [0.25, 0.3) is 0 Å². The molecule has 0 aliphatic heterocycles. The minimum absolute atomic E-state index is 0.0985. The van der Waals surface area contributed by atoms with Crippen LogP contribution >= 0.6 is 0 Å². The van der Waals surface area contributed by atoms with Gasteiger partial charge in [-0.25, -0.2) is 4.79 Å². The van der Waals surface area contributed by atoms with E-state index >= 15 is 0 Å². The van der Waals surface area contributed by atoms with Crippen molar-refractivity contribution < 1.29 is 41.0 Å². The van der Waals surface area contributed by atoms with Gasteiger partial charge in [-0.1, -0.05) is 6.58 Å². The minimum atomic E-state index is -5.80. The number of halogens is 6. The molecule has 0 spiro atoms. The van der Waals surface area contributed by atoms with E-state index in [0.717, 1.165) is 0 Å². The summed E-state index contributed by atoms with van der Waals surface area (Å²) in [6.45, 7) is 4.90. The molecular weight excluding hydrogens is 354 g/mol. The SMILES string of the molecule is C=C(C)C(=O)OC1CC2CCC1C2CCC(O)(C(F)(F)F)C(F)(F)F. The normalized spacial score (nSPS) is 29.8. The van der Waals surface area contributed by atoms with E-state index in [1.165, 1.54) is 6.92 Å². The molecule has 2 aliphatic carbocycles. The van der Waals surface area contributed by atoms with Crippen LogP contribution in [0.3, 0.4) is 0 Å². The first-order chi connectivity index (χ1) is 11.3. The highest BCUT2D eigenvalue weighted by atomic mass is 19.4. The van der Waals surface area contributed by atoms with Crippen molar-refractivity contribution in [3.8, 4) is 0 Å². The number of rotatable bonds is 5. The van der Waals surface area contributed by atoms with Crippen molar-refractivity contribution in [1.29, 1.82) is 0 Å². The first-order valence-corrected chi connectivity index (χ1v) is 8.00. The molecule has 2 aliphatic rings. The van der Waals surface area contributed by atoms with Gasteiger partial charge < -0.3 is 9.84 Å². The highest BCUT2D eigenvalue weighted by Crippen LogP contribution is 2.55. The lowest BCUT2D eigenvalue weighted by atomic mass is 9.86. The van der Waals surface area contributed by atoms with E-state index in [4.69, 9.17) is 4.74 Å². The van der Waals surface area contributed by atoms with Gasteiger partial charge in [-0.3, -0.25) is 0 Å². The summed E-state index contributed by atoms with van der Waals surface area (Å²) in [6, 6.07) is 0. The molecule has 0 radical (unpaired) electrons. The third-order valence-electron chi connectivity index (χ3n) is 5.42. The summed E-state index contributed by atoms with van der Waals surface area (Å²) < 4.78 is 81.9. The summed E-state index contributed by atoms with van der Waals surface area (Å²) in [5.41, 5.74) is -4.53. The lowest BCUT2D eigenvalue weighted by Crippen LogP contribution is -2.57. The van der Waals surface area contributed by atoms with Crippen LogP contribution in [-0.4, -0.2) is 35.1 Å². The molecule has 1 N–H and O–H groups in total. The van der Waals surface area contributed by atoms with Gasteiger partial charge in [0.2, 0.25) is 0 Å². The molecule has 0 aromatic heterocycles. The molecule has 4 unspecified atom stereocenters. The fraction of sp³-hybridized carbons (Fsp3) is 0.812. The summed E-state index contributed by atoms with van der Waals surface area (Å²) in [5.74, 6) is -1.42. The van der Waals surface area contributed by atoms with Gasteiger partial charge in [0.05, 0.1) is 0 Å². The van der Waals surface area contributed by atoms with Crippen LogP contribution in [0.15, 0.2) is 12.2 Å². The van der Waals surface area contributed by atoms with Gasteiger partial charge in [0, 0.05) is 5.57 Å². The molecule has 144 valence electrons. The second-order valence-corrected chi connectivity index (χ2v) is 7.02. The fourth-order valence-electron chi connectivity index (χ4n) is 4.05. The summed E-state index contributed by atoms with van der Waals surface area (Å²) in [6.07, 6.45) is -12.3. The highest BCUT2D eigenvalue weighted by Gasteiger charge is 2.70. The standard InChI is InChI=1S/C16H20F6O3/c1-8(2)13(23)25-12-7-9-3-4-11(12)10(9)5-6-14(24,15(17,18)19)16(20,21)22/h9-12,24H,1,3-7H2,2H3. The van der Waals surface area contributed by atoms with Crippen LogP contribution in [0.1, 0.15) is 39.0 Å². The maximum atomic E-state index is 12.8. The topological polar surface area (TPSA) is 46.5 Å². The predicted molar refractivity (Wildman–Crippen MR) is 75.3 cm³/mol. The minimum Gasteiger partial charge on any atom is -0.459 e. The largest absolute Gasteiger partial charge is 0.459 e. The van der Waals surface area contributed by atoms with Gasteiger partial charge >= 0.3 is 18.3 Å². The van der Waals surface area contributed by atoms with E-state index in [2.05, 4.69) is 6.58 Å². The van der Waals surface area contributed by atoms with Gasteiger partial charge in [0.1, 0.15) is 6.10 Å². The number of alkyl halides is 6. The second-order valence-electron chi connectivity index (χ2n) is 7.02. The molecule has 3 nitrogen and oxygen atoms in total. The smallest absolute Gasteiger partial charge is 0.426 e. The van der Waals surface area contributed by atoms with E-state index in [-0.39, 0.29) is 17.4 Å². The molecule has 2 fully saturated rings. The van der Waals surface area contributed by atoms with Crippen molar-refractivity contribution in [2.45, 2.75) is 63.1 Å². The average Bonchev–Trinajstić information content (AvgIpc) is 2.98. The summed E-state index contributed by atoms with van der Waals surface area (Å²) >= 11 is 0. The summed E-state index contributed by atoms with van der Waals surface area (Å²) in [7, 11) is 0. The maximum Gasteiger partial charge on any atom is 0.426 e. The van der Waals surface area contributed by atoms with Crippen LogP contribution in [0.5, 0.6) is 0 Å². The van der Waals surface area contributed by atoms with Gasteiger partial charge in [0.15, 0.2) is 0 Å². The first-order valence-electron chi connectivity index (χ1n) is 8.00. The predicted octanol–water partition coefficient (Wildman–Crippen LogP) is 4.16. The Morgan fingerprint density at radius 2 is 1.72 bits per heavy atom. The number of carbonyl (C=O) groups excluding carboxylic acids is 1. The molecule has 4 atom stereocenters. The van der Waals surface area contributed by atoms with Crippen LogP contribution < -0.4 is 0 Å². The number of ether oxygens (including phenoxy) is 1. The molecule has 0 aromatic rings. The maximum absolute atomic E-state index is 12.8. The Morgan fingerprint density at radius 1 is 1.16 bits per heavy atom. The van der Waals surface area contributed by atoms with Crippen molar-refractivity contribution in [2.24, 2.45) is 17.8 Å². The summed E-state index contributed by atoms with van der Waals surface area (Å²) in [5, 5.41) is 9.27. The molecule has 0 aromatic carbocycles. The quantitative estimate of drug-likeness (QED) is 0.447. The molecule has 0 amide bonds. The summed E-state index contributed by atoms with van der Waals surface area (Å²) in [4.78, 5) is 11.6. The molecular formula is C16H20F6O3. The lowest BCUT2D eigenvalue weighted by molar-refractivity contribution is -0.370. The number of aliphatic hydroxyl groups is 1. The van der Waals surface area contributed by atoms with Crippen LogP contribution in [0.4, 0.5) is 26.3 Å². The monoisotopic (exact) mass is 374 g/mol. The average molecular weight is 374 g/mol. The lowest BCUT2D eigenvalue weighted by Gasteiger charge is -2.33. The number of carbonyl (C=O) groups is 1. The van der Waals surface area contributed by atoms with E-state index in [0.29, 0.717) is 19.3 Å². The Labute approximate surface area is 141 Å². The van der Waals surface area contributed by atoms with Crippen LogP contribution in [0, 0.1) is 17.8 Å². The molecule has 2 rings (SSSR count). The third kappa shape index (κ3) is 3.66. The van der Waals surface area contributed by atoms with Crippen LogP contribution in [-0.2, 0) is 9.53 Å². The third-order valence-corrected chi connectivity index (χ3v) is 5.42. The van der Waals surface area contributed by atoms with E-state index in [9.17, 15) is 36.2 Å². The Kier molecular flexibility index (Phi) is 5.20. The van der Waals surface area contributed by atoms with Gasteiger partial charge in [-0.05, 0) is 56.8 Å². The number of fused-ring (bicyclic) bond motifs is 2. The molecule has 2 saturated carbocycles. The molecule has 0 saturated heterocycles. The van der Waals surface area contributed by atoms with Gasteiger partial charge in [-0.2, -0.15) is 26.3 Å². The van der Waals surface area contributed by atoms with E-state index in [1.54, 1.807) is 0 Å². The zero-order chi connectivity index (χ0) is 19.2. The Hall–Kier alpha value is -1.25. The van der Waals surface area contributed by atoms with Crippen molar-refractivity contribution in [3.05, 3.63) is 12.2 Å². The van der Waals surface area contributed by atoms with Gasteiger partial charge in [0.25, 0.3) is 5.60 Å². The van der Waals surface area contributed by atoms with Crippen molar-refractivity contribution in [3.63, 3.8) is 0 Å². The molecule has 0 heterocycles. The van der Waals surface area contributed by atoms with Crippen LogP contribution in [0.2, 0.25) is 0 Å². The van der Waals surface area contributed by atoms with Gasteiger partial charge in [-0.15, -0.1) is 0 Å². The first kappa shape index (κ1) is 20.1. The second kappa shape index (κ2) is 6.48. The number of esters is 1. The highest BCUT2D eigenvalue weighted by molar-refractivity contribution is 5.87.